The smallest absolute Gasteiger partial charge is 0.376 e. The van der Waals surface area contributed by atoms with Crippen LogP contribution in [0.2, 0.25) is 0 Å². The zero-order chi connectivity index (χ0) is 15.4. The molecule has 0 saturated carbocycles. The summed E-state index contributed by atoms with van der Waals surface area (Å²) >= 11 is 0. The van der Waals surface area contributed by atoms with E-state index in [1.807, 2.05) is 6.92 Å². The van der Waals surface area contributed by atoms with Gasteiger partial charge >= 0.3 is 5.97 Å². The van der Waals surface area contributed by atoms with Crippen LogP contribution in [0.1, 0.15) is 49.7 Å². The molecule has 0 aromatic carbocycles. The van der Waals surface area contributed by atoms with Crippen molar-refractivity contribution in [3.63, 3.8) is 0 Å². The zero-order valence-corrected chi connectivity index (χ0v) is 12.9. The van der Waals surface area contributed by atoms with Crippen molar-refractivity contribution < 1.29 is 18.4 Å². The number of esters is 1. The van der Waals surface area contributed by atoms with E-state index in [9.17, 15) is 4.79 Å². The van der Waals surface area contributed by atoms with Crippen molar-refractivity contribution in [3.8, 4) is 11.5 Å². The van der Waals surface area contributed by atoms with Gasteiger partial charge < -0.3 is 13.6 Å². The van der Waals surface area contributed by atoms with E-state index in [0.717, 1.165) is 17.7 Å². The molecule has 0 radical (unpaired) electrons. The van der Waals surface area contributed by atoms with Crippen molar-refractivity contribution >= 4 is 5.97 Å². The summed E-state index contributed by atoms with van der Waals surface area (Å²) in [5.74, 6) is 1.31. The third-order valence-electron chi connectivity index (χ3n) is 3.06. The molecule has 0 amide bonds. The number of rotatable bonds is 6. The van der Waals surface area contributed by atoms with Gasteiger partial charge in [-0.2, -0.15) is 0 Å². The Labute approximate surface area is 124 Å². The predicted octanol–water partition coefficient (Wildman–Crippen LogP) is 3.87. The highest BCUT2D eigenvalue weighted by atomic mass is 16.5. The minimum Gasteiger partial charge on any atom is -0.469 e. The van der Waals surface area contributed by atoms with Gasteiger partial charge in [-0.15, -0.1) is 0 Å². The van der Waals surface area contributed by atoms with Crippen molar-refractivity contribution in [2.24, 2.45) is 5.92 Å². The van der Waals surface area contributed by atoms with Gasteiger partial charge in [0.25, 0.3) is 0 Å². The maximum Gasteiger partial charge on any atom is 0.376 e. The molecule has 5 heteroatoms. The highest BCUT2D eigenvalue weighted by molar-refractivity contribution is 5.88. The van der Waals surface area contributed by atoms with Crippen LogP contribution < -0.4 is 0 Å². The van der Waals surface area contributed by atoms with E-state index in [1.54, 1.807) is 19.3 Å². The van der Waals surface area contributed by atoms with E-state index in [2.05, 4.69) is 18.8 Å². The van der Waals surface area contributed by atoms with Crippen molar-refractivity contribution in [2.75, 3.05) is 6.61 Å². The van der Waals surface area contributed by atoms with Crippen molar-refractivity contribution in [1.29, 1.82) is 0 Å². The molecule has 2 aromatic rings. The van der Waals surface area contributed by atoms with Crippen LogP contribution in [0.3, 0.4) is 0 Å². The summed E-state index contributed by atoms with van der Waals surface area (Å²) in [6, 6.07) is 1.80. The molecular weight excluding hydrogens is 270 g/mol. The first-order valence-electron chi connectivity index (χ1n) is 7.30. The molecule has 2 heterocycles. The molecular formula is C16H21NO4. The monoisotopic (exact) mass is 291 g/mol. The molecule has 21 heavy (non-hydrogen) atoms. The minimum absolute atomic E-state index is 0.198. The second-order valence-electron chi connectivity index (χ2n) is 5.22. The molecule has 0 aliphatic heterocycles. The first-order chi connectivity index (χ1) is 10.1. The molecule has 0 N–H and O–H groups in total. The molecule has 0 aliphatic rings. The number of hydrogen-bond acceptors (Lipinski definition) is 5. The van der Waals surface area contributed by atoms with E-state index in [4.69, 9.17) is 13.6 Å². The summed E-state index contributed by atoms with van der Waals surface area (Å²) in [5.41, 5.74) is 1.43. The SMILES string of the molecule is CCOC(=O)c1oc(-c2ccoc2CC)nc1CC(C)C. The second kappa shape index (κ2) is 6.61. The molecule has 114 valence electrons. The van der Waals surface area contributed by atoms with Crippen LogP contribution in [0.4, 0.5) is 0 Å². The molecule has 0 bridgehead atoms. The van der Waals surface area contributed by atoms with Crippen LogP contribution in [0.15, 0.2) is 21.2 Å². The van der Waals surface area contributed by atoms with Gasteiger partial charge in [0.05, 0.1) is 24.1 Å². The average Bonchev–Trinajstić information content (AvgIpc) is 3.03. The number of aromatic nitrogens is 1. The van der Waals surface area contributed by atoms with Crippen LogP contribution in [-0.4, -0.2) is 17.6 Å². The Morgan fingerprint density at radius 3 is 2.76 bits per heavy atom. The van der Waals surface area contributed by atoms with Crippen LogP contribution in [-0.2, 0) is 17.6 Å². The number of hydrogen-bond donors (Lipinski definition) is 0. The number of furan rings is 1. The Hall–Kier alpha value is -2.04. The first kappa shape index (κ1) is 15.4. The quantitative estimate of drug-likeness (QED) is 0.756. The van der Waals surface area contributed by atoms with E-state index in [-0.39, 0.29) is 5.76 Å². The number of carbonyl (C=O) groups is 1. The van der Waals surface area contributed by atoms with Crippen LogP contribution >= 0.6 is 0 Å². The topological polar surface area (TPSA) is 65.5 Å². The average molecular weight is 291 g/mol. The van der Waals surface area contributed by atoms with Gasteiger partial charge in [-0.05, 0) is 25.3 Å². The molecule has 5 nitrogen and oxygen atoms in total. The summed E-state index contributed by atoms with van der Waals surface area (Å²) in [6.45, 7) is 8.20. The van der Waals surface area contributed by atoms with E-state index >= 15 is 0 Å². The second-order valence-corrected chi connectivity index (χ2v) is 5.22. The van der Waals surface area contributed by atoms with E-state index in [0.29, 0.717) is 30.5 Å². The van der Waals surface area contributed by atoms with Crippen molar-refractivity contribution in [3.05, 3.63) is 29.5 Å². The fourth-order valence-corrected chi connectivity index (χ4v) is 2.15. The van der Waals surface area contributed by atoms with E-state index < -0.39 is 5.97 Å². The molecule has 0 saturated heterocycles. The van der Waals surface area contributed by atoms with Gasteiger partial charge in [0, 0.05) is 6.42 Å². The van der Waals surface area contributed by atoms with Gasteiger partial charge in [0.2, 0.25) is 11.7 Å². The Morgan fingerprint density at radius 2 is 2.14 bits per heavy atom. The highest BCUT2D eigenvalue weighted by Gasteiger charge is 2.24. The Balaban J connectivity index is 2.42. The van der Waals surface area contributed by atoms with E-state index in [1.165, 1.54) is 0 Å². The Kier molecular flexibility index (Phi) is 4.83. The lowest BCUT2D eigenvalue weighted by Crippen LogP contribution is -2.08. The zero-order valence-electron chi connectivity index (χ0n) is 12.9. The molecule has 0 aliphatic carbocycles. The third kappa shape index (κ3) is 3.35. The fraction of sp³-hybridized carbons (Fsp3) is 0.500. The van der Waals surface area contributed by atoms with Gasteiger partial charge in [-0.3, -0.25) is 0 Å². The maximum absolute atomic E-state index is 12.0. The number of carbonyl (C=O) groups excluding carboxylic acids is 1. The molecule has 0 atom stereocenters. The number of aryl methyl sites for hydroxylation is 1. The van der Waals surface area contributed by atoms with Gasteiger partial charge in [-0.1, -0.05) is 20.8 Å². The summed E-state index contributed by atoms with van der Waals surface area (Å²) in [4.78, 5) is 16.5. The van der Waals surface area contributed by atoms with Crippen LogP contribution in [0.5, 0.6) is 0 Å². The Bertz CT molecular complexity index is 610. The first-order valence-corrected chi connectivity index (χ1v) is 7.30. The summed E-state index contributed by atoms with van der Waals surface area (Å²) in [6.07, 6.45) is 3.00. The molecule has 0 spiro atoms. The van der Waals surface area contributed by atoms with Crippen molar-refractivity contribution in [1.82, 2.24) is 4.98 Å². The molecule has 0 unspecified atom stereocenters. The summed E-state index contributed by atoms with van der Waals surface area (Å²) in [5, 5.41) is 0. The van der Waals surface area contributed by atoms with Crippen molar-refractivity contribution in [2.45, 2.75) is 40.5 Å². The maximum atomic E-state index is 12.0. The Morgan fingerprint density at radius 1 is 1.38 bits per heavy atom. The lowest BCUT2D eigenvalue weighted by Gasteiger charge is -2.02. The molecule has 0 fully saturated rings. The number of nitrogens with zero attached hydrogens (tertiary/aromatic N) is 1. The summed E-state index contributed by atoms with van der Waals surface area (Å²) in [7, 11) is 0. The number of ether oxygens (including phenoxy) is 1. The molecule has 2 aromatic heterocycles. The normalized spacial score (nSPS) is 11.1. The summed E-state index contributed by atoms with van der Waals surface area (Å²) < 4.78 is 16.1. The lowest BCUT2D eigenvalue weighted by molar-refractivity contribution is 0.0489. The van der Waals surface area contributed by atoms with Gasteiger partial charge in [0.1, 0.15) is 5.76 Å². The van der Waals surface area contributed by atoms with Gasteiger partial charge in [0.15, 0.2) is 0 Å². The number of oxazole rings is 1. The highest BCUT2D eigenvalue weighted by Crippen LogP contribution is 2.28. The minimum atomic E-state index is -0.464. The molecule has 2 rings (SSSR count). The van der Waals surface area contributed by atoms with Crippen LogP contribution in [0, 0.1) is 5.92 Å². The standard InChI is InChI=1S/C16H21NO4/c1-5-13-11(7-8-20-13)15-17-12(9-10(3)4)14(21-15)16(18)19-6-2/h7-8,10H,5-6,9H2,1-4H3. The largest absolute Gasteiger partial charge is 0.469 e. The van der Waals surface area contributed by atoms with Gasteiger partial charge in [-0.25, -0.2) is 9.78 Å². The fourth-order valence-electron chi connectivity index (χ4n) is 2.15. The lowest BCUT2D eigenvalue weighted by atomic mass is 10.1. The van der Waals surface area contributed by atoms with Crippen LogP contribution in [0.25, 0.3) is 11.5 Å². The third-order valence-corrected chi connectivity index (χ3v) is 3.06. The predicted molar refractivity (Wildman–Crippen MR) is 78.1 cm³/mol.